The van der Waals surface area contributed by atoms with Crippen LogP contribution in [0.1, 0.15) is 36.5 Å². The number of nitrogens with zero attached hydrogens (tertiary/aromatic N) is 3. The topological polar surface area (TPSA) is 93.4 Å². The first-order chi connectivity index (χ1) is 12.3. The summed E-state index contributed by atoms with van der Waals surface area (Å²) in [4.78, 5) is 17.3. The predicted molar refractivity (Wildman–Crippen MR) is 89.6 cm³/mol. The molecule has 4 rings (SSSR count). The molecule has 2 aromatic rings. The second-order valence-corrected chi connectivity index (χ2v) is 9.37. The lowest BCUT2D eigenvalue weighted by molar-refractivity contribution is -0.134. The van der Waals surface area contributed by atoms with Gasteiger partial charge in [0.2, 0.25) is 11.8 Å². The van der Waals surface area contributed by atoms with Crippen molar-refractivity contribution in [3.05, 3.63) is 47.4 Å². The molecule has 1 aromatic heterocycles. The molecular weight excluding hydrogens is 361 g/mol. The third-order valence-corrected chi connectivity index (χ3v) is 7.93. The second kappa shape index (κ2) is 5.87. The number of rotatable bonds is 3. The van der Waals surface area contributed by atoms with Gasteiger partial charge in [-0.3, -0.25) is 4.79 Å². The molecule has 2 aliphatic rings. The number of likely N-dealkylation sites (tertiary alicyclic amines) is 1. The average Bonchev–Trinajstić information content (AvgIpc) is 3.09. The molecule has 2 fully saturated rings. The van der Waals surface area contributed by atoms with E-state index in [2.05, 4.69) is 10.1 Å². The Morgan fingerprint density at radius 1 is 1.38 bits per heavy atom. The van der Waals surface area contributed by atoms with Crippen molar-refractivity contribution in [3.8, 4) is 0 Å². The molecule has 0 saturated carbocycles. The quantitative estimate of drug-likeness (QED) is 0.798. The van der Waals surface area contributed by atoms with Crippen LogP contribution in [0.5, 0.6) is 0 Å². The normalized spacial score (nSPS) is 23.2. The summed E-state index contributed by atoms with van der Waals surface area (Å²) in [7, 11) is -3.35. The fraction of sp³-hybridized carbons (Fsp3) is 0.471. The highest BCUT2D eigenvalue weighted by Gasteiger charge is 2.64. The molecule has 1 aromatic carbocycles. The summed E-state index contributed by atoms with van der Waals surface area (Å²) in [6, 6.07) is 6.33. The molecule has 26 heavy (non-hydrogen) atoms. The molecule has 1 atom stereocenters. The van der Waals surface area contributed by atoms with Crippen LogP contribution in [0.2, 0.25) is 0 Å². The molecule has 0 N–H and O–H groups in total. The molecule has 3 heterocycles. The fourth-order valence-electron chi connectivity index (χ4n) is 3.84. The molecule has 0 aliphatic carbocycles. The lowest BCUT2D eigenvalue weighted by atomic mass is 9.83. The zero-order valence-electron chi connectivity index (χ0n) is 14.2. The number of hydrogen-bond donors (Lipinski definition) is 0. The van der Waals surface area contributed by atoms with Crippen LogP contribution in [0.4, 0.5) is 4.39 Å². The summed E-state index contributed by atoms with van der Waals surface area (Å²) in [6.45, 7) is 1.73. The van der Waals surface area contributed by atoms with Crippen LogP contribution in [0.25, 0.3) is 0 Å². The Hall–Kier alpha value is -2.29. The fourth-order valence-corrected chi connectivity index (χ4v) is 6.15. The minimum absolute atomic E-state index is 0.0361. The molecule has 138 valence electrons. The van der Waals surface area contributed by atoms with Gasteiger partial charge in [-0.15, -0.1) is 0 Å². The van der Waals surface area contributed by atoms with Crippen LogP contribution in [0, 0.1) is 5.82 Å². The van der Waals surface area contributed by atoms with Gasteiger partial charge < -0.3 is 9.42 Å². The highest BCUT2D eigenvalue weighted by atomic mass is 32.2. The van der Waals surface area contributed by atoms with Crippen molar-refractivity contribution in [1.29, 1.82) is 0 Å². The summed E-state index contributed by atoms with van der Waals surface area (Å²) < 4.78 is 43.2. The smallest absolute Gasteiger partial charge is 0.231 e. The van der Waals surface area contributed by atoms with Crippen LogP contribution < -0.4 is 0 Å². The molecule has 0 bridgehead atoms. The maximum absolute atomic E-state index is 13.8. The molecule has 0 radical (unpaired) electrons. The van der Waals surface area contributed by atoms with Gasteiger partial charge in [-0.25, -0.2) is 12.8 Å². The number of benzene rings is 1. The number of amides is 1. The summed E-state index contributed by atoms with van der Waals surface area (Å²) in [6.07, 6.45) is 0.553. The Labute approximate surface area is 150 Å². The molecule has 1 amide bonds. The Balaban J connectivity index is 1.59. The summed E-state index contributed by atoms with van der Waals surface area (Å²) >= 11 is 0. The predicted octanol–water partition coefficient (Wildman–Crippen LogP) is 1.30. The van der Waals surface area contributed by atoms with Crippen molar-refractivity contribution < 1.29 is 22.1 Å². The van der Waals surface area contributed by atoms with Gasteiger partial charge in [0.15, 0.2) is 15.7 Å². The number of sulfone groups is 1. The van der Waals surface area contributed by atoms with Gasteiger partial charge in [-0.05, 0) is 18.1 Å². The maximum Gasteiger partial charge on any atom is 0.231 e. The first-order valence-electron chi connectivity index (χ1n) is 8.36. The standard InChI is InChI=1S/C17H18FN3O4S/c1-11(22)21-9-17(10-21)13(6-7-26(17,23)24)16-19-15(20-25-16)8-12-4-2-3-5-14(12)18/h2-5,13H,6-10H2,1H3. The van der Waals surface area contributed by atoms with Crippen LogP contribution in [-0.2, 0) is 21.1 Å². The number of halogens is 1. The SMILES string of the molecule is CC(=O)N1CC2(C1)C(c1nc(Cc3ccccc3F)no1)CCS2(=O)=O. The largest absolute Gasteiger partial charge is 0.340 e. The average molecular weight is 379 g/mol. The van der Waals surface area contributed by atoms with Crippen molar-refractivity contribution in [2.24, 2.45) is 0 Å². The van der Waals surface area contributed by atoms with E-state index in [1.165, 1.54) is 17.9 Å². The van der Waals surface area contributed by atoms with Crippen molar-refractivity contribution in [3.63, 3.8) is 0 Å². The third kappa shape index (κ3) is 2.53. The first-order valence-corrected chi connectivity index (χ1v) is 10.0. The van der Waals surface area contributed by atoms with Gasteiger partial charge in [0.25, 0.3) is 0 Å². The molecule has 2 saturated heterocycles. The minimum atomic E-state index is -3.35. The monoisotopic (exact) mass is 379 g/mol. The minimum Gasteiger partial charge on any atom is -0.340 e. The van der Waals surface area contributed by atoms with E-state index in [0.29, 0.717) is 17.8 Å². The highest BCUT2D eigenvalue weighted by molar-refractivity contribution is 7.93. The molecule has 9 heteroatoms. The Morgan fingerprint density at radius 3 is 2.81 bits per heavy atom. The summed E-state index contributed by atoms with van der Waals surface area (Å²) in [5.41, 5.74) is 0.444. The zero-order valence-corrected chi connectivity index (χ0v) is 15.0. The van der Waals surface area contributed by atoms with Gasteiger partial charge in [-0.2, -0.15) is 4.98 Å². The maximum atomic E-state index is 13.8. The summed E-state index contributed by atoms with van der Waals surface area (Å²) in [5, 5.41) is 3.89. The molecule has 2 aliphatic heterocycles. The van der Waals surface area contributed by atoms with E-state index in [4.69, 9.17) is 4.52 Å². The third-order valence-electron chi connectivity index (χ3n) is 5.38. The summed E-state index contributed by atoms with van der Waals surface area (Å²) in [5.74, 6) is -0.343. The van der Waals surface area contributed by atoms with Gasteiger partial charge in [0.05, 0.1) is 11.7 Å². The number of hydrogen-bond acceptors (Lipinski definition) is 6. The van der Waals surface area contributed by atoms with Crippen molar-refractivity contribution in [2.45, 2.75) is 30.4 Å². The first kappa shape index (κ1) is 17.1. The lowest BCUT2D eigenvalue weighted by Crippen LogP contribution is -2.67. The van der Waals surface area contributed by atoms with E-state index < -0.39 is 20.5 Å². The number of carbonyl (C=O) groups is 1. The van der Waals surface area contributed by atoms with E-state index in [1.807, 2.05) is 0 Å². The van der Waals surface area contributed by atoms with Crippen LogP contribution in [0.3, 0.4) is 0 Å². The van der Waals surface area contributed by atoms with Crippen LogP contribution >= 0.6 is 0 Å². The zero-order chi connectivity index (χ0) is 18.5. The van der Waals surface area contributed by atoms with Crippen molar-refractivity contribution in [2.75, 3.05) is 18.8 Å². The van der Waals surface area contributed by atoms with Crippen molar-refractivity contribution in [1.82, 2.24) is 15.0 Å². The van der Waals surface area contributed by atoms with E-state index in [-0.39, 0.29) is 42.9 Å². The van der Waals surface area contributed by atoms with E-state index >= 15 is 0 Å². The number of aromatic nitrogens is 2. The molecule has 7 nitrogen and oxygen atoms in total. The van der Waals surface area contributed by atoms with E-state index in [0.717, 1.165) is 0 Å². The molecule has 1 spiro atoms. The highest BCUT2D eigenvalue weighted by Crippen LogP contribution is 2.49. The molecular formula is C17H18FN3O4S. The van der Waals surface area contributed by atoms with Gasteiger partial charge in [0, 0.05) is 26.4 Å². The van der Waals surface area contributed by atoms with Crippen LogP contribution in [0.15, 0.2) is 28.8 Å². The Kier molecular flexibility index (Phi) is 3.87. The van der Waals surface area contributed by atoms with E-state index in [9.17, 15) is 17.6 Å². The molecule has 1 unspecified atom stereocenters. The van der Waals surface area contributed by atoms with Gasteiger partial charge >= 0.3 is 0 Å². The Bertz CT molecular complexity index is 966. The lowest BCUT2D eigenvalue weighted by Gasteiger charge is -2.48. The van der Waals surface area contributed by atoms with Gasteiger partial charge in [-0.1, -0.05) is 23.4 Å². The van der Waals surface area contributed by atoms with Crippen molar-refractivity contribution >= 4 is 15.7 Å². The van der Waals surface area contributed by atoms with Crippen LogP contribution in [-0.4, -0.2) is 53.0 Å². The van der Waals surface area contributed by atoms with E-state index in [1.54, 1.807) is 18.2 Å². The van der Waals surface area contributed by atoms with Gasteiger partial charge in [0.1, 0.15) is 10.6 Å². The second-order valence-electron chi connectivity index (χ2n) is 6.92. The number of carbonyl (C=O) groups excluding carboxylic acids is 1. The Morgan fingerprint density at radius 2 is 2.12 bits per heavy atom.